The second-order valence-electron chi connectivity index (χ2n) is 13.1. The van der Waals surface area contributed by atoms with Gasteiger partial charge in [-0.2, -0.15) is 0 Å². The zero-order valence-electron chi connectivity index (χ0n) is 27.1. The van der Waals surface area contributed by atoms with Gasteiger partial charge in [-0.25, -0.2) is 9.97 Å². The van der Waals surface area contributed by atoms with Gasteiger partial charge in [0.05, 0.1) is 22.4 Å². The normalized spacial score (nSPS) is 19.5. The van der Waals surface area contributed by atoms with Crippen molar-refractivity contribution in [3.8, 4) is 10.4 Å². The van der Waals surface area contributed by atoms with Crippen LogP contribution in [0.15, 0.2) is 78.1 Å². The van der Waals surface area contributed by atoms with Crippen LogP contribution in [0, 0.1) is 12.8 Å². The molecule has 1 aromatic carbocycles. The summed E-state index contributed by atoms with van der Waals surface area (Å²) < 4.78 is 3.27. The number of anilines is 1. The van der Waals surface area contributed by atoms with Crippen molar-refractivity contribution in [3.63, 3.8) is 0 Å². The molecule has 0 spiro atoms. The van der Waals surface area contributed by atoms with Gasteiger partial charge in [0, 0.05) is 62.3 Å². The molecule has 11 nitrogen and oxygen atoms in total. The number of benzene rings is 1. The maximum atomic E-state index is 14.2. The van der Waals surface area contributed by atoms with Gasteiger partial charge in [0.15, 0.2) is 0 Å². The van der Waals surface area contributed by atoms with Crippen LogP contribution in [-0.2, 0) is 18.4 Å². The number of carbonyl (C=O) groups is 2. The van der Waals surface area contributed by atoms with Gasteiger partial charge in [-0.3, -0.25) is 19.0 Å². The lowest BCUT2D eigenvalue weighted by Crippen LogP contribution is -2.53. The Bertz CT molecular complexity index is 2040. The van der Waals surface area contributed by atoms with Gasteiger partial charge < -0.3 is 25.2 Å². The van der Waals surface area contributed by atoms with Crippen molar-refractivity contribution >= 4 is 40.0 Å². The summed E-state index contributed by atoms with van der Waals surface area (Å²) in [6.45, 7) is 3.77. The van der Waals surface area contributed by atoms with E-state index in [1.807, 2.05) is 72.3 Å². The summed E-state index contributed by atoms with van der Waals surface area (Å²) in [6, 6.07) is 17.4. The van der Waals surface area contributed by atoms with Crippen LogP contribution in [0.3, 0.4) is 0 Å². The second-order valence-corrected chi connectivity index (χ2v) is 14.2. The fraction of sp³-hybridized carbons (Fsp3) is 0.361. The fourth-order valence-electron chi connectivity index (χ4n) is 7.20. The Morgan fingerprint density at radius 3 is 2.56 bits per heavy atom. The topological polar surface area (TPSA) is 140 Å². The second kappa shape index (κ2) is 12.7. The molecule has 0 unspecified atom stereocenters. The van der Waals surface area contributed by atoms with Crippen molar-refractivity contribution < 1.29 is 14.7 Å². The lowest BCUT2D eigenvalue weighted by molar-refractivity contribution is -0.142. The van der Waals surface area contributed by atoms with Gasteiger partial charge in [0.25, 0.3) is 11.5 Å². The highest BCUT2D eigenvalue weighted by molar-refractivity contribution is 7.17. The summed E-state index contributed by atoms with van der Waals surface area (Å²) in [6.07, 6.45) is 6.21. The van der Waals surface area contributed by atoms with Crippen molar-refractivity contribution in [2.24, 2.45) is 13.0 Å². The van der Waals surface area contributed by atoms with E-state index in [1.165, 1.54) is 22.2 Å². The van der Waals surface area contributed by atoms with E-state index in [9.17, 15) is 19.5 Å². The molecular formula is C36H39N7O4S. The van der Waals surface area contributed by atoms with Gasteiger partial charge in [-0.15, -0.1) is 11.3 Å². The first kappa shape index (κ1) is 31.8. The number of nitrogen functional groups attached to an aromatic ring is 1. The largest absolute Gasteiger partial charge is 0.388 e. The van der Waals surface area contributed by atoms with Crippen LogP contribution >= 0.6 is 11.3 Å². The summed E-state index contributed by atoms with van der Waals surface area (Å²) in [5, 5.41) is 12.0. The molecular weight excluding hydrogens is 627 g/mol. The number of thiophene rings is 1. The zero-order valence-corrected chi connectivity index (χ0v) is 27.9. The first-order chi connectivity index (χ1) is 23.1. The average Bonchev–Trinajstić information content (AvgIpc) is 3.68. The van der Waals surface area contributed by atoms with Crippen LogP contribution < -0.4 is 11.3 Å². The quantitative estimate of drug-likeness (QED) is 0.279. The van der Waals surface area contributed by atoms with E-state index < -0.39 is 5.60 Å². The summed E-state index contributed by atoms with van der Waals surface area (Å²) in [4.78, 5) is 55.1. The molecule has 2 aliphatic heterocycles. The molecule has 2 atom stereocenters. The van der Waals surface area contributed by atoms with Crippen LogP contribution in [0.2, 0.25) is 0 Å². The molecule has 12 heteroatoms. The number of amides is 2. The van der Waals surface area contributed by atoms with Gasteiger partial charge in [0.1, 0.15) is 17.8 Å². The van der Waals surface area contributed by atoms with E-state index in [0.717, 1.165) is 21.6 Å². The van der Waals surface area contributed by atoms with Crippen LogP contribution in [0.1, 0.15) is 46.0 Å². The summed E-state index contributed by atoms with van der Waals surface area (Å²) in [5.74, 6) is -0.0135. The van der Waals surface area contributed by atoms with Crippen LogP contribution in [0.5, 0.6) is 0 Å². The minimum atomic E-state index is -1.13. The van der Waals surface area contributed by atoms with Crippen molar-refractivity contribution in [1.82, 2.24) is 28.9 Å². The molecule has 2 saturated heterocycles. The molecule has 7 rings (SSSR count). The monoisotopic (exact) mass is 665 g/mol. The Hall–Kier alpha value is -4.81. The van der Waals surface area contributed by atoms with Gasteiger partial charge >= 0.3 is 0 Å². The number of hydrogen-bond donors (Lipinski definition) is 2. The SMILES string of the molecule is Cc1cc(-c2ccnc(N)c2)sc1C(=O)N1CC[C@@H](C(=O)N2CCC(O)(Cn3cnc4c(ccn4C)c3=O)CC2)[C@H](c2ccccc2)C1. The number of rotatable bonds is 6. The first-order valence-electron chi connectivity index (χ1n) is 16.3. The Kier molecular flexibility index (Phi) is 8.38. The van der Waals surface area contributed by atoms with Crippen molar-refractivity contribution in [3.05, 3.63) is 99.7 Å². The third kappa shape index (κ3) is 6.01. The molecule has 5 aromatic rings. The Labute approximate surface area is 282 Å². The number of nitrogens with zero attached hydrogens (tertiary/aromatic N) is 6. The molecule has 0 saturated carbocycles. The maximum absolute atomic E-state index is 14.2. The van der Waals surface area contributed by atoms with Crippen molar-refractivity contribution in [2.75, 3.05) is 31.9 Å². The highest BCUT2D eigenvalue weighted by Gasteiger charge is 2.42. The van der Waals surface area contributed by atoms with Crippen LogP contribution in [0.4, 0.5) is 5.82 Å². The van der Waals surface area contributed by atoms with Crippen molar-refractivity contribution in [1.29, 1.82) is 0 Å². The predicted octanol–water partition coefficient (Wildman–Crippen LogP) is 4.05. The summed E-state index contributed by atoms with van der Waals surface area (Å²) >= 11 is 1.45. The molecule has 6 heterocycles. The van der Waals surface area contributed by atoms with E-state index >= 15 is 0 Å². The van der Waals surface area contributed by atoms with Crippen LogP contribution in [0.25, 0.3) is 21.5 Å². The lowest BCUT2D eigenvalue weighted by atomic mass is 9.79. The van der Waals surface area contributed by atoms with Crippen LogP contribution in [-0.4, -0.2) is 77.6 Å². The fourth-order valence-corrected chi connectivity index (χ4v) is 8.33. The third-order valence-electron chi connectivity index (χ3n) is 9.94. The minimum Gasteiger partial charge on any atom is -0.388 e. The molecule has 2 aliphatic rings. The van der Waals surface area contributed by atoms with E-state index in [-0.39, 0.29) is 35.8 Å². The number of aryl methyl sites for hydroxylation is 2. The lowest BCUT2D eigenvalue weighted by Gasteiger charge is -2.43. The number of piperidine rings is 2. The number of likely N-dealkylation sites (tertiary alicyclic amines) is 2. The average molecular weight is 666 g/mol. The number of nitrogens with two attached hydrogens (primary N) is 1. The predicted molar refractivity (Wildman–Crippen MR) is 186 cm³/mol. The summed E-state index contributed by atoms with van der Waals surface area (Å²) in [5.41, 5.74) is 8.07. The molecule has 0 radical (unpaired) electrons. The minimum absolute atomic E-state index is 0.0286. The van der Waals surface area contributed by atoms with E-state index in [1.54, 1.807) is 23.0 Å². The third-order valence-corrected chi connectivity index (χ3v) is 11.2. The first-order valence-corrected chi connectivity index (χ1v) is 17.1. The Morgan fingerprint density at radius 2 is 1.81 bits per heavy atom. The molecule has 0 bridgehead atoms. The molecule has 2 amide bonds. The number of pyridine rings is 1. The molecule has 0 aliphatic carbocycles. The highest BCUT2D eigenvalue weighted by atomic mass is 32.1. The Morgan fingerprint density at radius 1 is 1.04 bits per heavy atom. The van der Waals surface area contributed by atoms with Gasteiger partial charge in [0.2, 0.25) is 5.91 Å². The van der Waals surface area contributed by atoms with E-state index in [0.29, 0.717) is 67.2 Å². The highest BCUT2D eigenvalue weighted by Crippen LogP contribution is 2.38. The molecule has 4 aromatic heterocycles. The van der Waals surface area contributed by atoms with Gasteiger partial charge in [-0.05, 0) is 67.1 Å². The van der Waals surface area contributed by atoms with Crippen molar-refractivity contribution in [2.45, 2.75) is 44.2 Å². The molecule has 2 fully saturated rings. The molecule has 248 valence electrons. The maximum Gasteiger partial charge on any atom is 0.264 e. The zero-order chi connectivity index (χ0) is 33.6. The number of hydrogen-bond acceptors (Lipinski definition) is 8. The number of carbonyl (C=O) groups excluding carboxylic acids is 2. The van der Waals surface area contributed by atoms with E-state index in [2.05, 4.69) is 9.97 Å². The van der Waals surface area contributed by atoms with Gasteiger partial charge in [-0.1, -0.05) is 30.3 Å². The number of fused-ring (bicyclic) bond motifs is 1. The van der Waals surface area contributed by atoms with E-state index in [4.69, 9.17) is 5.73 Å². The Balaban J connectivity index is 1.05. The number of aliphatic hydroxyl groups is 1. The molecule has 3 N–H and O–H groups in total. The number of aromatic nitrogens is 4. The molecule has 48 heavy (non-hydrogen) atoms. The summed E-state index contributed by atoms with van der Waals surface area (Å²) in [7, 11) is 1.84. The smallest absolute Gasteiger partial charge is 0.264 e. The standard InChI is InChI=1S/C36H39N7O4S/c1-23-18-29(25-8-13-38-30(37)19-25)48-31(23)35(46)42-15-10-26(28(20-42)24-6-4-3-5-7-24)33(44)41-16-11-36(47,12-17-41)21-43-22-39-32-27(34(43)45)9-14-40(32)2/h3-9,13-14,18-19,22,26,28,47H,10-12,15-17,20-21H2,1-2H3,(H2,37,38)/t26-,28+/m1/s1.